The fourth-order valence-corrected chi connectivity index (χ4v) is 4.17. The fraction of sp³-hybridized carbons (Fsp3) is 0.652. The minimum Gasteiger partial charge on any atom is -0.493 e. The summed E-state index contributed by atoms with van der Waals surface area (Å²) in [7, 11) is 1.57. The first-order valence-electron chi connectivity index (χ1n) is 11.0. The second kappa shape index (κ2) is 12.7. The lowest BCUT2D eigenvalue weighted by Crippen LogP contribution is -2.47. The molecule has 168 valence electrons. The van der Waals surface area contributed by atoms with Gasteiger partial charge in [0.2, 0.25) is 11.8 Å². The quantitative estimate of drug-likeness (QED) is 0.432. The van der Waals surface area contributed by atoms with E-state index in [1.807, 2.05) is 19.9 Å². The van der Waals surface area contributed by atoms with Gasteiger partial charge in [0, 0.05) is 12.6 Å². The van der Waals surface area contributed by atoms with Crippen LogP contribution in [0.2, 0.25) is 0 Å². The van der Waals surface area contributed by atoms with Crippen molar-refractivity contribution >= 4 is 23.4 Å². The highest BCUT2D eigenvalue weighted by atomic mass is 35.5. The van der Waals surface area contributed by atoms with Crippen LogP contribution in [0, 0.1) is 0 Å². The molecule has 6 nitrogen and oxygen atoms in total. The van der Waals surface area contributed by atoms with Crippen molar-refractivity contribution in [3.63, 3.8) is 0 Å². The standard InChI is InChI=1S/C23H35ClN2O4/c1-4-14-26(21(27)16-24)22(23(28)25-18-10-8-6-7-9-11-18)17-12-13-19(30-5-2)20(15-17)29-3/h12-13,15,18,22H,4-11,14,16H2,1-3H3,(H,25,28)/t22-/m1/s1. The molecule has 2 rings (SSSR count). The zero-order valence-corrected chi connectivity index (χ0v) is 19.2. The normalized spacial score (nSPS) is 15.7. The molecule has 1 aliphatic carbocycles. The third kappa shape index (κ3) is 6.53. The van der Waals surface area contributed by atoms with Crippen LogP contribution in [-0.4, -0.2) is 48.9 Å². The van der Waals surface area contributed by atoms with E-state index in [1.165, 1.54) is 12.8 Å². The van der Waals surface area contributed by atoms with E-state index in [0.29, 0.717) is 30.2 Å². The van der Waals surface area contributed by atoms with E-state index >= 15 is 0 Å². The molecule has 0 saturated heterocycles. The topological polar surface area (TPSA) is 67.9 Å². The average molecular weight is 439 g/mol. The Kier molecular flexibility index (Phi) is 10.3. The van der Waals surface area contributed by atoms with Gasteiger partial charge in [0.15, 0.2) is 11.5 Å². The van der Waals surface area contributed by atoms with Gasteiger partial charge >= 0.3 is 0 Å². The van der Waals surface area contributed by atoms with Crippen molar-refractivity contribution in [2.24, 2.45) is 0 Å². The number of nitrogens with zero attached hydrogens (tertiary/aromatic N) is 1. The van der Waals surface area contributed by atoms with Crippen LogP contribution in [-0.2, 0) is 9.59 Å². The molecule has 0 radical (unpaired) electrons. The minimum atomic E-state index is -0.760. The van der Waals surface area contributed by atoms with Crippen molar-refractivity contribution in [1.82, 2.24) is 10.2 Å². The van der Waals surface area contributed by atoms with E-state index < -0.39 is 6.04 Å². The number of benzene rings is 1. The second-order valence-electron chi connectivity index (χ2n) is 7.66. The summed E-state index contributed by atoms with van der Waals surface area (Å²) in [6.45, 7) is 4.84. The van der Waals surface area contributed by atoms with E-state index in [-0.39, 0.29) is 23.7 Å². The molecule has 1 N–H and O–H groups in total. The minimum absolute atomic E-state index is 0.140. The molecule has 1 fully saturated rings. The Balaban J connectivity index is 2.39. The van der Waals surface area contributed by atoms with Gasteiger partial charge in [-0.15, -0.1) is 11.6 Å². The van der Waals surface area contributed by atoms with Crippen LogP contribution >= 0.6 is 11.6 Å². The van der Waals surface area contributed by atoms with Crippen LogP contribution in [0.3, 0.4) is 0 Å². The van der Waals surface area contributed by atoms with Gasteiger partial charge in [-0.2, -0.15) is 0 Å². The molecule has 7 heteroatoms. The van der Waals surface area contributed by atoms with Crippen molar-refractivity contribution in [3.05, 3.63) is 23.8 Å². The highest BCUT2D eigenvalue weighted by molar-refractivity contribution is 6.27. The van der Waals surface area contributed by atoms with Gasteiger partial charge in [0.1, 0.15) is 11.9 Å². The number of hydrogen-bond donors (Lipinski definition) is 1. The number of ether oxygens (including phenoxy) is 2. The van der Waals surface area contributed by atoms with Crippen molar-refractivity contribution in [1.29, 1.82) is 0 Å². The van der Waals surface area contributed by atoms with Crippen molar-refractivity contribution < 1.29 is 19.1 Å². The maximum atomic E-state index is 13.5. The molecule has 0 spiro atoms. The van der Waals surface area contributed by atoms with Crippen molar-refractivity contribution in [3.8, 4) is 11.5 Å². The summed E-state index contributed by atoms with van der Waals surface area (Å²) >= 11 is 5.89. The van der Waals surface area contributed by atoms with E-state index in [0.717, 1.165) is 32.1 Å². The molecule has 0 aromatic heterocycles. The van der Waals surface area contributed by atoms with E-state index in [9.17, 15) is 9.59 Å². The van der Waals surface area contributed by atoms with Gasteiger partial charge < -0.3 is 19.7 Å². The van der Waals surface area contributed by atoms with E-state index in [4.69, 9.17) is 21.1 Å². The van der Waals surface area contributed by atoms with Crippen LogP contribution < -0.4 is 14.8 Å². The Labute approximate surface area is 185 Å². The molecule has 30 heavy (non-hydrogen) atoms. The van der Waals surface area contributed by atoms with Crippen molar-refractivity contribution in [2.75, 3.05) is 26.1 Å². The number of rotatable bonds is 10. The molecule has 2 amide bonds. The summed E-state index contributed by atoms with van der Waals surface area (Å²) in [5.41, 5.74) is 0.688. The molecule has 0 bridgehead atoms. The van der Waals surface area contributed by atoms with E-state index in [1.54, 1.807) is 24.1 Å². The van der Waals surface area contributed by atoms with Gasteiger partial charge in [0.25, 0.3) is 0 Å². The van der Waals surface area contributed by atoms with E-state index in [2.05, 4.69) is 5.32 Å². The SMILES string of the molecule is CCCN(C(=O)CCl)[C@@H](C(=O)NC1CCCCCC1)c1ccc(OCC)c(OC)c1. The summed E-state index contributed by atoms with van der Waals surface area (Å²) in [4.78, 5) is 27.7. The molecular weight excluding hydrogens is 404 g/mol. The molecule has 0 heterocycles. The Morgan fingerprint density at radius 3 is 2.43 bits per heavy atom. The number of halogens is 1. The molecule has 1 aromatic rings. The molecule has 1 saturated carbocycles. The summed E-state index contributed by atoms with van der Waals surface area (Å²) in [6, 6.07) is 4.78. The Bertz CT molecular complexity index is 690. The number of amides is 2. The number of carbonyl (C=O) groups is 2. The Morgan fingerprint density at radius 1 is 1.17 bits per heavy atom. The predicted octanol–water partition coefficient (Wildman–Crippen LogP) is 4.45. The first kappa shape index (κ1) is 24.3. The third-order valence-electron chi connectivity index (χ3n) is 5.46. The lowest BCUT2D eigenvalue weighted by molar-refractivity contribution is -0.139. The van der Waals surface area contributed by atoms with Crippen LogP contribution in [0.4, 0.5) is 0 Å². The zero-order valence-electron chi connectivity index (χ0n) is 18.4. The summed E-state index contributed by atoms with van der Waals surface area (Å²) in [5, 5.41) is 3.20. The maximum Gasteiger partial charge on any atom is 0.247 e. The summed E-state index contributed by atoms with van der Waals surface area (Å²) < 4.78 is 11.1. The number of alkyl halides is 1. The highest BCUT2D eigenvalue weighted by Gasteiger charge is 2.32. The lowest BCUT2D eigenvalue weighted by Gasteiger charge is -2.32. The first-order chi connectivity index (χ1) is 14.5. The number of carbonyl (C=O) groups excluding carboxylic acids is 2. The van der Waals surface area contributed by atoms with Crippen LogP contribution in [0.15, 0.2) is 18.2 Å². The number of hydrogen-bond acceptors (Lipinski definition) is 4. The summed E-state index contributed by atoms with van der Waals surface area (Å²) in [6.07, 6.45) is 7.32. The largest absolute Gasteiger partial charge is 0.493 e. The van der Waals surface area contributed by atoms with Gasteiger partial charge in [0.05, 0.1) is 13.7 Å². The zero-order chi connectivity index (χ0) is 21.9. The smallest absolute Gasteiger partial charge is 0.247 e. The van der Waals surface area contributed by atoms with Gasteiger partial charge in [-0.05, 0) is 43.9 Å². The molecule has 0 unspecified atom stereocenters. The molecule has 1 aliphatic rings. The fourth-order valence-electron chi connectivity index (χ4n) is 4.02. The number of nitrogens with one attached hydrogen (secondary N) is 1. The lowest BCUT2D eigenvalue weighted by atomic mass is 10.0. The first-order valence-corrected chi connectivity index (χ1v) is 11.6. The molecule has 1 aromatic carbocycles. The van der Waals surface area contributed by atoms with Crippen LogP contribution in [0.5, 0.6) is 11.5 Å². The Hall–Kier alpha value is -1.95. The monoisotopic (exact) mass is 438 g/mol. The van der Waals surface area contributed by atoms with Gasteiger partial charge in [-0.1, -0.05) is 38.7 Å². The van der Waals surface area contributed by atoms with Crippen LogP contribution in [0.25, 0.3) is 0 Å². The van der Waals surface area contributed by atoms with Crippen LogP contribution in [0.1, 0.15) is 70.4 Å². The average Bonchev–Trinajstić information content (AvgIpc) is 3.02. The van der Waals surface area contributed by atoms with Gasteiger partial charge in [-0.25, -0.2) is 0 Å². The maximum absolute atomic E-state index is 13.5. The molecule has 1 atom stereocenters. The third-order valence-corrected chi connectivity index (χ3v) is 5.69. The second-order valence-corrected chi connectivity index (χ2v) is 7.93. The Morgan fingerprint density at radius 2 is 1.87 bits per heavy atom. The summed E-state index contributed by atoms with van der Waals surface area (Å²) in [5.74, 6) is 0.558. The van der Waals surface area contributed by atoms with Gasteiger partial charge in [-0.3, -0.25) is 9.59 Å². The van der Waals surface area contributed by atoms with Crippen molar-refractivity contribution in [2.45, 2.75) is 70.9 Å². The molecule has 0 aliphatic heterocycles. The highest BCUT2D eigenvalue weighted by Crippen LogP contribution is 2.33. The molecular formula is C23H35ClN2O4. The predicted molar refractivity (Wildman–Crippen MR) is 119 cm³/mol. The number of methoxy groups -OCH3 is 1.